The molecule has 1 heterocycles. The van der Waals surface area contributed by atoms with Gasteiger partial charge in [0, 0.05) is 18.7 Å². The molecule has 1 unspecified atom stereocenters. The van der Waals surface area contributed by atoms with E-state index >= 15 is 0 Å². The van der Waals surface area contributed by atoms with Crippen LogP contribution in [0.25, 0.3) is 10.1 Å². The fraction of sp³-hybridized carbons (Fsp3) is 0.111. The summed E-state index contributed by atoms with van der Waals surface area (Å²) in [6.45, 7) is 0. The summed E-state index contributed by atoms with van der Waals surface area (Å²) in [7, 11) is 0. The highest BCUT2D eigenvalue weighted by Gasteiger charge is 2.38. The minimum atomic E-state index is -0.334. The smallest absolute Gasteiger partial charge is 0.229 e. The average Bonchev–Trinajstić information content (AvgIpc) is 3.02. The van der Waals surface area contributed by atoms with Crippen LogP contribution in [0.1, 0.15) is 26.7 Å². The number of hydrogen-bond donors (Lipinski definition) is 0. The van der Waals surface area contributed by atoms with Crippen molar-refractivity contribution in [3.8, 4) is 0 Å². The van der Waals surface area contributed by atoms with E-state index in [0.29, 0.717) is 12.0 Å². The molecule has 108 valence electrons. The summed E-state index contributed by atoms with van der Waals surface area (Å²) in [5.74, 6) is -0.929. The van der Waals surface area contributed by atoms with E-state index in [1.54, 1.807) is 11.3 Å². The molecule has 3 aromatic rings. The maximum Gasteiger partial charge on any atom is 0.229 e. The van der Waals surface area contributed by atoms with Gasteiger partial charge in [0.15, 0.2) is 0 Å². The molecular formula is C18H11IO2S. The Labute approximate surface area is 145 Å². The summed E-state index contributed by atoms with van der Waals surface area (Å²) in [5.41, 5.74) is 1.47. The average molecular weight is 418 g/mol. The van der Waals surface area contributed by atoms with Crippen molar-refractivity contribution < 1.29 is 9.59 Å². The van der Waals surface area contributed by atoms with Gasteiger partial charge in [0.2, 0.25) is 11.6 Å². The zero-order valence-corrected chi connectivity index (χ0v) is 14.5. The Bertz CT molecular complexity index is 893. The molecule has 0 bridgehead atoms. The molecule has 0 fully saturated rings. The molecule has 4 heteroatoms. The third-order valence-corrected chi connectivity index (χ3v) is 5.87. The van der Waals surface area contributed by atoms with Crippen molar-refractivity contribution >= 4 is 55.6 Å². The third-order valence-electron chi connectivity index (χ3n) is 4.06. The molecule has 0 amide bonds. The van der Waals surface area contributed by atoms with Crippen molar-refractivity contribution in [2.24, 2.45) is 0 Å². The first-order valence-corrected chi connectivity index (χ1v) is 8.88. The van der Waals surface area contributed by atoms with Crippen LogP contribution in [-0.4, -0.2) is 11.6 Å². The maximum absolute atomic E-state index is 12.3. The second kappa shape index (κ2) is 5.28. The number of Topliss-reactive ketones (excluding diaryl/α,β-unsaturated/α-hetero) is 2. The molecule has 2 aromatic carbocycles. The molecule has 0 saturated heterocycles. The van der Waals surface area contributed by atoms with Gasteiger partial charge in [-0.15, -0.1) is 11.3 Å². The van der Waals surface area contributed by atoms with Crippen LogP contribution in [0.15, 0.2) is 48.5 Å². The summed E-state index contributed by atoms with van der Waals surface area (Å²) in [4.78, 5) is 25.7. The summed E-state index contributed by atoms with van der Waals surface area (Å²) in [6.07, 6.45) is 0.609. The molecule has 0 saturated carbocycles. The number of thiophene rings is 1. The van der Waals surface area contributed by atoms with Gasteiger partial charge < -0.3 is 0 Å². The topological polar surface area (TPSA) is 34.1 Å². The third kappa shape index (κ3) is 2.21. The van der Waals surface area contributed by atoms with Crippen LogP contribution < -0.4 is 0 Å². The summed E-state index contributed by atoms with van der Waals surface area (Å²) < 4.78 is 2.21. The van der Waals surface area contributed by atoms with Crippen LogP contribution in [0.4, 0.5) is 0 Å². The number of halogens is 1. The van der Waals surface area contributed by atoms with Gasteiger partial charge in [-0.25, -0.2) is 0 Å². The molecule has 4 rings (SSSR count). The van der Waals surface area contributed by atoms with Crippen LogP contribution >= 0.6 is 33.9 Å². The van der Waals surface area contributed by atoms with Crippen LogP contribution in [0.5, 0.6) is 0 Å². The lowest BCUT2D eigenvalue weighted by Gasteiger charge is -2.07. The predicted molar refractivity (Wildman–Crippen MR) is 96.8 cm³/mol. The Balaban J connectivity index is 1.74. The molecule has 0 spiro atoms. The van der Waals surface area contributed by atoms with E-state index in [-0.39, 0.29) is 17.5 Å². The van der Waals surface area contributed by atoms with E-state index in [0.717, 1.165) is 14.0 Å². The molecule has 0 aliphatic heterocycles. The molecule has 1 aromatic heterocycles. The Morgan fingerprint density at radius 2 is 1.86 bits per heavy atom. The number of ketones is 2. The monoisotopic (exact) mass is 418 g/mol. The zero-order chi connectivity index (χ0) is 15.3. The highest BCUT2D eigenvalue weighted by atomic mass is 127. The summed E-state index contributed by atoms with van der Waals surface area (Å²) >= 11 is 3.87. The molecule has 2 nitrogen and oxygen atoms in total. The Hall–Kier alpha value is -1.53. The van der Waals surface area contributed by atoms with E-state index in [1.165, 1.54) is 10.1 Å². The predicted octanol–water partition coefficient (Wildman–Crippen LogP) is 4.60. The second-order valence-electron chi connectivity index (χ2n) is 5.43. The first-order chi connectivity index (χ1) is 10.6. The van der Waals surface area contributed by atoms with Crippen LogP contribution in [-0.2, 0) is 11.2 Å². The molecule has 0 radical (unpaired) electrons. The Morgan fingerprint density at radius 1 is 1.05 bits per heavy atom. The second-order valence-corrected chi connectivity index (χ2v) is 7.85. The van der Waals surface area contributed by atoms with Crippen LogP contribution in [0.2, 0.25) is 0 Å². The maximum atomic E-state index is 12.3. The van der Waals surface area contributed by atoms with Gasteiger partial charge in [-0.05, 0) is 64.2 Å². The quantitative estimate of drug-likeness (QED) is 0.451. The van der Waals surface area contributed by atoms with Crippen LogP contribution in [0.3, 0.4) is 0 Å². The van der Waals surface area contributed by atoms with Crippen LogP contribution in [0, 0.1) is 3.57 Å². The molecular weight excluding hydrogens is 407 g/mol. The number of carbonyl (C=O) groups excluding carboxylic acids is 2. The van der Waals surface area contributed by atoms with E-state index < -0.39 is 0 Å². The normalized spacial score (nSPS) is 17.2. The van der Waals surface area contributed by atoms with Crippen molar-refractivity contribution in [2.75, 3.05) is 0 Å². The fourth-order valence-corrected chi connectivity index (χ4v) is 4.60. The minimum Gasteiger partial charge on any atom is -0.290 e. The highest BCUT2D eigenvalue weighted by molar-refractivity contribution is 14.1. The lowest BCUT2D eigenvalue weighted by molar-refractivity contribution is -0.115. The first kappa shape index (κ1) is 14.1. The number of fused-ring (bicyclic) bond motifs is 2. The largest absolute Gasteiger partial charge is 0.290 e. The summed E-state index contributed by atoms with van der Waals surface area (Å²) in [5, 5.41) is 1.20. The minimum absolute atomic E-state index is 0.269. The Kier molecular flexibility index (Phi) is 3.38. The lowest BCUT2D eigenvalue weighted by atomic mass is 9.96. The van der Waals surface area contributed by atoms with Gasteiger partial charge in [0.05, 0.1) is 5.92 Å². The molecule has 0 N–H and O–H groups in total. The van der Waals surface area contributed by atoms with E-state index in [1.807, 2.05) is 30.3 Å². The van der Waals surface area contributed by atoms with Crippen molar-refractivity contribution in [2.45, 2.75) is 12.3 Å². The molecule has 1 aliphatic carbocycles. The number of benzene rings is 2. The fourth-order valence-electron chi connectivity index (χ4n) is 3.00. The SMILES string of the molecule is O=C1C(=O)C(Cc2cc3ccccc3s2)c2ccc(I)cc21. The van der Waals surface area contributed by atoms with E-state index in [4.69, 9.17) is 0 Å². The number of hydrogen-bond acceptors (Lipinski definition) is 3. The van der Waals surface area contributed by atoms with Gasteiger partial charge in [-0.3, -0.25) is 9.59 Å². The lowest BCUT2D eigenvalue weighted by Crippen LogP contribution is -2.13. The van der Waals surface area contributed by atoms with Gasteiger partial charge >= 0.3 is 0 Å². The number of carbonyl (C=O) groups is 2. The standard InChI is InChI=1S/C18H11IO2S/c19-11-5-6-13-14(8-11)17(20)18(21)15(13)9-12-7-10-3-1-2-4-16(10)22-12/h1-8,15H,9H2. The molecule has 1 aliphatic rings. The van der Waals surface area contributed by atoms with Crippen molar-refractivity contribution in [1.29, 1.82) is 0 Å². The first-order valence-electron chi connectivity index (χ1n) is 6.99. The van der Waals surface area contributed by atoms with Gasteiger partial charge in [-0.1, -0.05) is 24.3 Å². The zero-order valence-electron chi connectivity index (χ0n) is 11.5. The molecule has 1 atom stereocenters. The van der Waals surface area contributed by atoms with Gasteiger partial charge in [0.25, 0.3) is 0 Å². The van der Waals surface area contributed by atoms with E-state index in [2.05, 4.69) is 40.8 Å². The molecule has 22 heavy (non-hydrogen) atoms. The number of rotatable bonds is 2. The van der Waals surface area contributed by atoms with E-state index in [9.17, 15) is 9.59 Å². The van der Waals surface area contributed by atoms with Crippen molar-refractivity contribution in [1.82, 2.24) is 0 Å². The van der Waals surface area contributed by atoms with Crippen molar-refractivity contribution in [3.05, 3.63) is 68.1 Å². The van der Waals surface area contributed by atoms with Crippen molar-refractivity contribution in [3.63, 3.8) is 0 Å². The van der Waals surface area contributed by atoms with Gasteiger partial charge in [0.1, 0.15) is 0 Å². The Morgan fingerprint density at radius 3 is 2.68 bits per heavy atom. The van der Waals surface area contributed by atoms with Gasteiger partial charge in [-0.2, -0.15) is 0 Å². The summed E-state index contributed by atoms with van der Waals surface area (Å²) in [6, 6.07) is 16.0. The highest BCUT2D eigenvalue weighted by Crippen LogP contribution is 2.36.